The van der Waals surface area contributed by atoms with Crippen LogP contribution in [0.5, 0.6) is 0 Å². The number of methoxy groups -OCH3 is 1. The number of hydrogen-bond donors (Lipinski definition) is 0. The second-order valence-electron chi connectivity index (χ2n) is 7.76. The number of nitrogens with zero attached hydrogens (tertiary/aromatic N) is 1. The molecular weight excluding hydrogens is 346 g/mol. The van der Waals surface area contributed by atoms with Gasteiger partial charge in [0.05, 0.1) is 20.3 Å². The van der Waals surface area contributed by atoms with Crippen LogP contribution in [0.4, 0.5) is 0 Å². The van der Waals surface area contributed by atoms with E-state index < -0.39 is 17.2 Å². The Morgan fingerprint density at radius 1 is 1.30 bits per heavy atom. The highest BCUT2D eigenvalue weighted by molar-refractivity contribution is 6.03. The van der Waals surface area contributed by atoms with Gasteiger partial charge in [0.1, 0.15) is 0 Å². The molecule has 144 valence electrons. The molecule has 0 unspecified atom stereocenters. The Kier molecular flexibility index (Phi) is 4.56. The van der Waals surface area contributed by atoms with Crippen molar-refractivity contribution in [2.24, 2.45) is 5.41 Å². The van der Waals surface area contributed by atoms with Gasteiger partial charge >= 0.3 is 5.97 Å². The quantitative estimate of drug-likeness (QED) is 0.603. The van der Waals surface area contributed by atoms with Crippen LogP contribution in [0.25, 0.3) is 0 Å². The van der Waals surface area contributed by atoms with E-state index in [1.54, 1.807) is 0 Å². The van der Waals surface area contributed by atoms with Crippen LogP contribution in [-0.4, -0.2) is 48.9 Å². The molecule has 0 N–H and O–H groups in total. The molecule has 3 fully saturated rings. The van der Waals surface area contributed by atoms with E-state index in [0.717, 1.165) is 18.4 Å². The van der Waals surface area contributed by atoms with E-state index in [2.05, 4.69) is 0 Å². The molecule has 1 amide bonds. The third-order valence-electron chi connectivity index (χ3n) is 6.13. The number of esters is 1. The van der Waals surface area contributed by atoms with E-state index in [1.165, 1.54) is 13.2 Å². The molecule has 2 atom stereocenters. The van der Waals surface area contributed by atoms with Crippen LogP contribution in [0.3, 0.4) is 0 Å². The Hall–Kier alpha value is -2.18. The highest BCUT2D eigenvalue weighted by atomic mass is 16.7. The summed E-state index contributed by atoms with van der Waals surface area (Å²) in [6.07, 6.45) is 3.43. The van der Waals surface area contributed by atoms with E-state index >= 15 is 0 Å². The highest BCUT2D eigenvalue weighted by Gasteiger charge is 2.60. The summed E-state index contributed by atoms with van der Waals surface area (Å²) in [5, 5.41) is 0. The number of carbonyl (C=O) groups is 2. The Bertz CT molecular complexity index is 768. The first-order chi connectivity index (χ1) is 13.0. The van der Waals surface area contributed by atoms with Gasteiger partial charge in [0, 0.05) is 42.5 Å². The molecule has 6 heteroatoms. The van der Waals surface area contributed by atoms with Crippen molar-refractivity contribution in [1.82, 2.24) is 4.90 Å². The molecular formula is C21H25NO5. The number of ether oxygens (including phenoxy) is 3. The molecule has 1 spiro atoms. The average Bonchev–Trinajstić information content (AvgIpc) is 3.19. The Balaban J connectivity index is 1.71. The number of carbonyl (C=O) groups excluding carboxylic acids is 2. The van der Waals surface area contributed by atoms with Crippen molar-refractivity contribution >= 4 is 11.9 Å². The van der Waals surface area contributed by atoms with E-state index in [0.29, 0.717) is 31.8 Å². The SMILES string of the molecule is COC(=O)/C=C1/C(=O)N(Cc2ccccc2)[C@@H]2CCC3(C[C@]12C)OCCO3. The highest BCUT2D eigenvalue weighted by Crippen LogP contribution is 2.55. The van der Waals surface area contributed by atoms with Gasteiger partial charge in [-0.2, -0.15) is 0 Å². The standard InChI is InChI=1S/C21H25NO5/c1-20-14-21(26-10-11-27-21)9-8-17(20)22(13-15-6-4-3-5-7-15)19(24)16(20)12-18(23)25-2/h3-7,12,17H,8-11,13-14H2,1-2H3/b16-12-/t17-,20-/m1/s1. The fraction of sp³-hybridized carbons (Fsp3) is 0.524. The van der Waals surface area contributed by atoms with Gasteiger partial charge in [-0.25, -0.2) is 4.79 Å². The summed E-state index contributed by atoms with van der Waals surface area (Å²) in [5.74, 6) is -1.26. The predicted molar refractivity (Wildman–Crippen MR) is 97.5 cm³/mol. The molecule has 0 aromatic heterocycles. The number of likely N-dealkylation sites (tertiary alicyclic amines) is 1. The van der Waals surface area contributed by atoms with Crippen LogP contribution < -0.4 is 0 Å². The van der Waals surface area contributed by atoms with Gasteiger partial charge in [0.2, 0.25) is 0 Å². The topological polar surface area (TPSA) is 65.1 Å². The third kappa shape index (κ3) is 3.07. The first-order valence-corrected chi connectivity index (χ1v) is 9.40. The summed E-state index contributed by atoms with van der Waals surface area (Å²) in [6.45, 7) is 3.70. The molecule has 1 saturated carbocycles. The van der Waals surface area contributed by atoms with Gasteiger partial charge in [-0.15, -0.1) is 0 Å². The zero-order chi connectivity index (χ0) is 19.1. The lowest BCUT2D eigenvalue weighted by atomic mass is 9.67. The van der Waals surface area contributed by atoms with Crippen LogP contribution in [-0.2, 0) is 30.3 Å². The minimum Gasteiger partial charge on any atom is -0.466 e. The van der Waals surface area contributed by atoms with Gasteiger partial charge in [0.25, 0.3) is 5.91 Å². The maximum atomic E-state index is 13.3. The smallest absolute Gasteiger partial charge is 0.330 e. The van der Waals surface area contributed by atoms with Crippen molar-refractivity contribution in [3.8, 4) is 0 Å². The predicted octanol–water partition coefficient (Wildman–Crippen LogP) is 2.43. The molecule has 1 aliphatic carbocycles. The fourth-order valence-corrected chi connectivity index (χ4v) is 4.86. The van der Waals surface area contributed by atoms with Crippen LogP contribution >= 0.6 is 0 Å². The summed E-state index contributed by atoms with van der Waals surface area (Å²) < 4.78 is 16.7. The molecule has 1 aromatic carbocycles. The van der Waals surface area contributed by atoms with Crippen molar-refractivity contribution in [2.75, 3.05) is 20.3 Å². The maximum Gasteiger partial charge on any atom is 0.330 e. The zero-order valence-electron chi connectivity index (χ0n) is 15.8. The molecule has 27 heavy (non-hydrogen) atoms. The van der Waals surface area contributed by atoms with Crippen molar-refractivity contribution in [2.45, 2.75) is 44.6 Å². The number of benzene rings is 1. The first kappa shape index (κ1) is 18.2. The molecule has 2 heterocycles. The van der Waals surface area contributed by atoms with E-state index in [9.17, 15) is 9.59 Å². The summed E-state index contributed by atoms with van der Waals surface area (Å²) in [5.41, 5.74) is 1.04. The van der Waals surface area contributed by atoms with Crippen molar-refractivity contribution < 1.29 is 23.8 Å². The Morgan fingerprint density at radius 2 is 2.00 bits per heavy atom. The van der Waals surface area contributed by atoms with Crippen molar-refractivity contribution in [1.29, 1.82) is 0 Å². The van der Waals surface area contributed by atoms with E-state index in [4.69, 9.17) is 14.2 Å². The second-order valence-corrected chi connectivity index (χ2v) is 7.76. The van der Waals surface area contributed by atoms with Crippen molar-refractivity contribution in [3.63, 3.8) is 0 Å². The number of rotatable bonds is 3. The van der Waals surface area contributed by atoms with Gasteiger partial charge in [-0.05, 0) is 12.0 Å². The minimum absolute atomic E-state index is 0.000428. The monoisotopic (exact) mass is 371 g/mol. The first-order valence-electron chi connectivity index (χ1n) is 9.40. The lowest BCUT2D eigenvalue weighted by Gasteiger charge is -2.46. The molecule has 4 rings (SSSR count). The lowest BCUT2D eigenvalue weighted by molar-refractivity contribution is -0.202. The van der Waals surface area contributed by atoms with Crippen LogP contribution in [0, 0.1) is 5.41 Å². The molecule has 0 bridgehead atoms. The number of fused-ring (bicyclic) bond motifs is 1. The molecule has 6 nitrogen and oxygen atoms in total. The van der Waals surface area contributed by atoms with Crippen molar-refractivity contribution in [3.05, 3.63) is 47.5 Å². The zero-order valence-corrected chi connectivity index (χ0v) is 15.8. The lowest BCUT2D eigenvalue weighted by Crippen LogP contribution is -2.50. The average molecular weight is 371 g/mol. The van der Waals surface area contributed by atoms with Gasteiger partial charge in [-0.3, -0.25) is 4.79 Å². The van der Waals surface area contributed by atoms with E-state index in [-0.39, 0.29) is 11.9 Å². The normalized spacial score (nSPS) is 30.7. The maximum absolute atomic E-state index is 13.3. The van der Waals surface area contributed by atoms with Crippen LogP contribution in [0.2, 0.25) is 0 Å². The molecule has 0 radical (unpaired) electrons. The largest absolute Gasteiger partial charge is 0.466 e. The van der Waals surface area contributed by atoms with Crippen LogP contribution in [0.1, 0.15) is 31.7 Å². The second kappa shape index (κ2) is 6.77. The number of hydrogen-bond acceptors (Lipinski definition) is 5. The molecule has 3 aliphatic rings. The fourth-order valence-electron chi connectivity index (χ4n) is 4.86. The van der Waals surface area contributed by atoms with Gasteiger partial charge in [-0.1, -0.05) is 37.3 Å². The van der Waals surface area contributed by atoms with E-state index in [1.807, 2.05) is 42.2 Å². The van der Waals surface area contributed by atoms with Gasteiger partial charge in [0.15, 0.2) is 5.79 Å². The summed E-state index contributed by atoms with van der Waals surface area (Å²) in [4.78, 5) is 27.2. The third-order valence-corrected chi connectivity index (χ3v) is 6.13. The minimum atomic E-state index is -0.649. The molecule has 1 aromatic rings. The summed E-state index contributed by atoms with van der Waals surface area (Å²) >= 11 is 0. The summed E-state index contributed by atoms with van der Waals surface area (Å²) in [7, 11) is 1.33. The Labute approximate surface area is 159 Å². The Morgan fingerprint density at radius 3 is 2.67 bits per heavy atom. The molecule has 2 aliphatic heterocycles. The van der Waals surface area contributed by atoms with Crippen LogP contribution in [0.15, 0.2) is 42.0 Å². The summed E-state index contributed by atoms with van der Waals surface area (Å²) in [6, 6.07) is 9.92. The van der Waals surface area contributed by atoms with Gasteiger partial charge < -0.3 is 19.1 Å². The molecule has 2 saturated heterocycles. The number of amides is 1.